The number of rotatable bonds is 6. The van der Waals surface area contributed by atoms with E-state index in [0.717, 1.165) is 42.8 Å². The number of piperidine rings is 1. The third-order valence-electron chi connectivity index (χ3n) is 5.35. The average molecular weight is 406 g/mol. The Kier molecular flexibility index (Phi) is 6.09. The molecule has 0 radical (unpaired) electrons. The van der Waals surface area contributed by atoms with E-state index in [1.54, 1.807) is 31.2 Å². The minimum atomic E-state index is -0.361. The van der Waals surface area contributed by atoms with Crippen LogP contribution in [0.15, 0.2) is 48.5 Å². The van der Waals surface area contributed by atoms with Crippen LogP contribution in [0, 0.1) is 0 Å². The molecule has 156 valence electrons. The number of aromatic amines is 1. The molecule has 7 nitrogen and oxygen atoms in total. The first-order valence-electron chi connectivity index (χ1n) is 10.4. The predicted octanol–water partition coefficient (Wildman–Crippen LogP) is 3.56. The summed E-state index contributed by atoms with van der Waals surface area (Å²) in [6.45, 7) is 4.13. The summed E-state index contributed by atoms with van der Waals surface area (Å²) in [5.41, 5.74) is 3.17. The molecule has 2 N–H and O–H groups in total. The highest BCUT2D eigenvalue weighted by Crippen LogP contribution is 2.26. The minimum absolute atomic E-state index is 0.0656. The van der Waals surface area contributed by atoms with Gasteiger partial charge in [-0.15, -0.1) is 0 Å². The normalized spacial score (nSPS) is 17.0. The van der Waals surface area contributed by atoms with Crippen molar-refractivity contribution in [2.24, 2.45) is 0 Å². The molecule has 2 heterocycles. The number of aromatic nitrogens is 2. The van der Waals surface area contributed by atoms with Crippen molar-refractivity contribution in [3.8, 4) is 0 Å². The van der Waals surface area contributed by atoms with Crippen molar-refractivity contribution in [1.29, 1.82) is 0 Å². The van der Waals surface area contributed by atoms with Crippen molar-refractivity contribution in [3.05, 3.63) is 59.9 Å². The zero-order valence-corrected chi connectivity index (χ0v) is 17.1. The van der Waals surface area contributed by atoms with Crippen molar-refractivity contribution >= 4 is 28.6 Å². The number of H-pyrrole nitrogens is 1. The summed E-state index contributed by atoms with van der Waals surface area (Å²) < 4.78 is 4.97. The summed E-state index contributed by atoms with van der Waals surface area (Å²) >= 11 is 0. The second kappa shape index (κ2) is 9.09. The maximum absolute atomic E-state index is 12.5. The molecular weight excluding hydrogens is 380 g/mol. The standard InChI is InChI=1S/C23H26N4O3/c1-2-30-23(29)16-9-11-18(12-10-16)24-21(28)15-27-13-5-6-17(14-27)22-25-19-7-3-4-8-20(19)26-22/h3-4,7-12,17H,2,5-6,13-15H2,1H3,(H,24,28)(H,25,26). The Hall–Kier alpha value is -3.19. The number of benzene rings is 2. The third kappa shape index (κ3) is 4.68. The SMILES string of the molecule is CCOC(=O)c1ccc(NC(=O)CN2CCCC(c3nc4ccccc4[nH]3)C2)cc1. The predicted molar refractivity (Wildman–Crippen MR) is 116 cm³/mol. The van der Waals surface area contributed by atoms with Gasteiger partial charge in [0.2, 0.25) is 5.91 Å². The molecule has 1 unspecified atom stereocenters. The summed E-state index contributed by atoms with van der Waals surface area (Å²) in [4.78, 5) is 34.6. The van der Waals surface area contributed by atoms with E-state index in [1.807, 2.05) is 24.3 Å². The first-order chi connectivity index (χ1) is 14.6. The van der Waals surface area contributed by atoms with Gasteiger partial charge in [-0.1, -0.05) is 12.1 Å². The number of carbonyl (C=O) groups is 2. The molecule has 0 spiro atoms. The fourth-order valence-electron chi connectivity index (χ4n) is 3.90. The van der Waals surface area contributed by atoms with Gasteiger partial charge >= 0.3 is 5.97 Å². The van der Waals surface area contributed by atoms with Crippen LogP contribution < -0.4 is 5.32 Å². The van der Waals surface area contributed by atoms with Gasteiger partial charge in [-0.2, -0.15) is 0 Å². The smallest absolute Gasteiger partial charge is 0.338 e. The Balaban J connectivity index is 1.33. The molecule has 1 aromatic heterocycles. The van der Waals surface area contributed by atoms with Gasteiger partial charge in [-0.05, 0) is 62.7 Å². The number of fused-ring (bicyclic) bond motifs is 1. The fourth-order valence-corrected chi connectivity index (χ4v) is 3.90. The Morgan fingerprint density at radius 2 is 2.00 bits per heavy atom. The highest BCUT2D eigenvalue weighted by Gasteiger charge is 2.25. The van der Waals surface area contributed by atoms with E-state index >= 15 is 0 Å². The maximum atomic E-state index is 12.5. The van der Waals surface area contributed by atoms with Crippen molar-refractivity contribution < 1.29 is 14.3 Å². The van der Waals surface area contributed by atoms with E-state index < -0.39 is 0 Å². The van der Waals surface area contributed by atoms with Gasteiger partial charge in [0.1, 0.15) is 5.82 Å². The second-order valence-corrected chi connectivity index (χ2v) is 7.56. The zero-order valence-electron chi connectivity index (χ0n) is 17.1. The van der Waals surface area contributed by atoms with Crippen LogP contribution in [-0.2, 0) is 9.53 Å². The van der Waals surface area contributed by atoms with E-state index in [4.69, 9.17) is 9.72 Å². The maximum Gasteiger partial charge on any atom is 0.338 e. The van der Waals surface area contributed by atoms with Crippen molar-refractivity contribution in [3.63, 3.8) is 0 Å². The third-order valence-corrected chi connectivity index (χ3v) is 5.35. The monoisotopic (exact) mass is 406 g/mol. The first kappa shape index (κ1) is 20.1. The highest BCUT2D eigenvalue weighted by molar-refractivity contribution is 5.94. The fraction of sp³-hybridized carbons (Fsp3) is 0.348. The van der Waals surface area contributed by atoms with Gasteiger partial charge in [-0.3, -0.25) is 9.69 Å². The van der Waals surface area contributed by atoms with Crippen LogP contribution in [0.4, 0.5) is 5.69 Å². The van der Waals surface area contributed by atoms with Gasteiger partial charge in [-0.25, -0.2) is 9.78 Å². The van der Waals surface area contributed by atoms with Crippen LogP contribution in [-0.4, -0.2) is 53.0 Å². The lowest BCUT2D eigenvalue weighted by Gasteiger charge is -2.31. The lowest BCUT2D eigenvalue weighted by molar-refractivity contribution is -0.117. The molecule has 1 fully saturated rings. The number of likely N-dealkylation sites (tertiary alicyclic amines) is 1. The number of carbonyl (C=O) groups excluding carboxylic acids is 2. The highest BCUT2D eigenvalue weighted by atomic mass is 16.5. The lowest BCUT2D eigenvalue weighted by Crippen LogP contribution is -2.40. The van der Waals surface area contributed by atoms with Gasteiger partial charge in [0, 0.05) is 18.2 Å². The van der Waals surface area contributed by atoms with Crippen LogP contribution in [0.3, 0.4) is 0 Å². The molecule has 1 aliphatic heterocycles. The van der Waals surface area contributed by atoms with Gasteiger partial charge in [0.05, 0.1) is 29.7 Å². The number of imidazole rings is 1. The van der Waals surface area contributed by atoms with Gasteiger partial charge in [0.25, 0.3) is 0 Å². The number of hydrogen-bond donors (Lipinski definition) is 2. The Bertz CT molecular complexity index is 995. The van der Waals surface area contributed by atoms with Crippen LogP contribution in [0.5, 0.6) is 0 Å². The second-order valence-electron chi connectivity index (χ2n) is 7.56. The molecule has 2 aromatic carbocycles. The summed E-state index contributed by atoms with van der Waals surface area (Å²) in [6, 6.07) is 14.8. The summed E-state index contributed by atoms with van der Waals surface area (Å²) in [5, 5.41) is 2.91. The van der Waals surface area contributed by atoms with Crippen molar-refractivity contribution in [2.45, 2.75) is 25.7 Å². The zero-order chi connectivity index (χ0) is 20.9. The summed E-state index contributed by atoms with van der Waals surface area (Å²) in [5.74, 6) is 0.864. The molecule has 3 aromatic rings. The Morgan fingerprint density at radius 1 is 1.20 bits per heavy atom. The van der Waals surface area contributed by atoms with E-state index in [0.29, 0.717) is 30.3 Å². The van der Waals surface area contributed by atoms with E-state index in [-0.39, 0.29) is 11.9 Å². The molecule has 1 saturated heterocycles. The number of nitrogens with one attached hydrogen (secondary N) is 2. The molecule has 30 heavy (non-hydrogen) atoms. The van der Waals surface area contributed by atoms with Gasteiger partial charge in [0.15, 0.2) is 0 Å². The first-order valence-corrected chi connectivity index (χ1v) is 10.4. The van der Waals surface area contributed by atoms with E-state index in [2.05, 4.69) is 15.2 Å². The number of amides is 1. The largest absolute Gasteiger partial charge is 0.462 e. The average Bonchev–Trinajstić information content (AvgIpc) is 3.19. The molecule has 0 aliphatic carbocycles. The number of para-hydroxylation sites is 2. The molecule has 0 bridgehead atoms. The number of hydrogen-bond acceptors (Lipinski definition) is 5. The molecule has 4 rings (SSSR count). The van der Waals surface area contributed by atoms with Gasteiger partial charge < -0.3 is 15.0 Å². The minimum Gasteiger partial charge on any atom is -0.462 e. The summed E-state index contributed by atoms with van der Waals surface area (Å²) in [7, 11) is 0. The van der Waals surface area contributed by atoms with E-state index in [1.165, 1.54) is 0 Å². The quantitative estimate of drug-likeness (QED) is 0.611. The summed E-state index contributed by atoms with van der Waals surface area (Å²) in [6.07, 6.45) is 2.09. The Labute approximate surface area is 175 Å². The molecule has 0 saturated carbocycles. The number of anilines is 1. The Morgan fingerprint density at radius 3 is 2.77 bits per heavy atom. The van der Waals surface area contributed by atoms with Crippen LogP contribution >= 0.6 is 0 Å². The number of esters is 1. The van der Waals surface area contributed by atoms with Crippen molar-refractivity contribution in [1.82, 2.24) is 14.9 Å². The lowest BCUT2D eigenvalue weighted by atomic mass is 9.97. The van der Waals surface area contributed by atoms with Crippen LogP contribution in [0.1, 0.15) is 41.9 Å². The molecule has 1 amide bonds. The molecular formula is C23H26N4O3. The molecule has 7 heteroatoms. The van der Waals surface area contributed by atoms with Crippen LogP contribution in [0.25, 0.3) is 11.0 Å². The number of nitrogens with zero attached hydrogens (tertiary/aromatic N) is 2. The van der Waals surface area contributed by atoms with Crippen molar-refractivity contribution in [2.75, 3.05) is 31.6 Å². The van der Waals surface area contributed by atoms with Crippen LogP contribution in [0.2, 0.25) is 0 Å². The number of ether oxygens (including phenoxy) is 1. The topological polar surface area (TPSA) is 87.3 Å². The van der Waals surface area contributed by atoms with E-state index in [9.17, 15) is 9.59 Å². The molecule has 1 atom stereocenters. The molecule has 1 aliphatic rings.